The van der Waals surface area contributed by atoms with Crippen molar-refractivity contribution in [2.24, 2.45) is 5.73 Å². The molecule has 1 fully saturated rings. The molecule has 7 heteroatoms. The molecule has 2 atom stereocenters. The number of carbonyl (C=O) groups excluding carboxylic acids is 2. The molecule has 0 radical (unpaired) electrons. The van der Waals surface area contributed by atoms with Crippen molar-refractivity contribution in [1.29, 1.82) is 0 Å². The molecule has 16 heavy (non-hydrogen) atoms. The summed E-state index contributed by atoms with van der Waals surface area (Å²) in [6, 6.07) is -0.376. The van der Waals surface area contributed by atoms with E-state index in [0.29, 0.717) is 18.2 Å². The van der Waals surface area contributed by atoms with Gasteiger partial charge in [-0.05, 0) is 6.92 Å². The monoisotopic (exact) mass is 267 g/mol. The third kappa shape index (κ3) is 3.84. The summed E-state index contributed by atoms with van der Waals surface area (Å²) in [5.41, 5.74) is 5.41. The van der Waals surface area contributed by atoms with Crippen molar-refractivity contribution in [3.8, 4) is 0 Å². The summed E-state index contributed by atoms with van der Waals surface area (Å²) >= 11 is 1.59. The summed E-state index contributed by atoms with van der Waals surface area (Å²) in [5.74, 6) is 1.11. The molecule has 1 aliphatic rings. The smallest absolute Gasteiger partial charge is 0.243 e. The normalized spacial score (nSPS) is 21.2. The molecule has 2 amide bonds. The zero-order valence-corrected chi connectivity index (χ0v) is 11.1. The Bertz CT molecular complexity index is 265. The van der Waals surface area contributed by atoms with Gasteiger partial charge in [-0.1, -0.05) is 0 Å². The maximum absolute atomic E-state index is 11.8. The number of nitrogens with zero attached hydrogens (tertiary/aromatic N) is 1. The number of halogens is 1. The van der Waals surface area contributed by atoms with E-state index in [1.807, 2.05) is 6.92 Å². The summed E-state index contributed by atoms with van der Waals surface area (Å²) in [6.45, 7) is 3.74. The van der Waals surface area contributed by atoms with Crippen molar-refractivity contribution >= 4 is 36.0 Å². The fraction of sp³-hybridized carbons (Fsp3) is 0.778. The molecule has 0 spiro atoms. The van der Waals surface area contributed by atoms with Gasteiger partial charge >= 0.3 is 0 Å². The summed E-state index contributed by atoms with van der Waals surface area (Å²) in [4.78, 5) is 24.6. The molecular weight excluding hydrogens is 250 g/mol. The van der Waals surface area contributed by atoms with E-state index in [9.17, 15) is 9.59 Å². The number of nitrogens with two attached hydrogens (primary N) is 1. The molecule has 0 aromatic carbocycles. The van der Waals surface area contributed by atoms with E-state index in [4.69, 9.17) is 5.73 Å². The van der Waals surface area contributed by atoms with Gasteiger partial charge in [0.15, 0.2) is 0 Å². The Morgan fingerprint density at radius 1 is 1.62 bits per heavy atom. The molecule has 3 N–H and O–H groups in total. The maximum Gasteiger partial charge on any atom is 0.243 e. The third-order valence-electron chi connectivity index (χ3n) is 2.33. The van der Waals surface area contributed by atoms with Crippen LogP contribution in [0.2, 0.25) is 0 Å². The molecule has 0 aromatic rings. The summed E-state index contributed by atoms with van der Waals surface area (Å²) < 4.78 is 0. The van der Waals surface area contributed by atoms with Crippen molar-refractivity contribution in [2.45, 2.75) is 25.9 Å². The Morgan fingerprint density at radius 3 is 2.75 bits per heavy atom. The lowest BCUT2D eigenvalue weighted by Gasteiger charge is -2.23. The molecule has 0 bridgehead atoms. The van der Waals surface area contributed by atoms with Gasteiger partial charge in [0.05, 0.1) is 5.88 Å². The topological polar surface area (TPSA) is 75.4 Å². The lowest BCUT2D eigenvalue weighted by atomic mass is 10.2. The van der Waals surface area contributed by atoms with E-state index in [0.717, 1.165) is 0 Å². The lowest BCUT2D eigenvalue weighted by Crippen LogP contribution is -2.50. The van der Waals surface area contributed by atoms with E-state index in [2.05, 4.69) is 5.32 Å². The lowest BCUT2D eigenvalue weighted by molar-refractivity contribution is -0.136. The Labute approximate surface area is 106 Å². The Balaban J connectivity index is 0.00000225. The first-order chi connectivity index (χ1) is 7.06. The summed E-state index contributed by atoms with van der Waals surface area (Å²) in [5, 5.41) is 2.79. The molecule has 1 rings (SSSR count). The maximum atomic E-state index is 11.8. The SMILES string of the molecule is CC(=O)N1CSCC1C(=O)N[C@@H](C)CN.Cl. The molecule has 1 unspecified atom stereocenters. The fourth-order valence-corrected chi connectivity index (χ4v) is 2.59. The van der Waals surface area contributed by atoms with Gasteiger partial charge in [0, 0.05) is 25.3 Å². The second-order valence-electron chi connectivity index (χ2n) is 3.65. The molecule has 0 aliphatic carbocycles. The highest BCUT2D eigenvalue weighted by Gasteiger charge is 2.33. The van der Waals surface area contributed by atoms with Crippen LogP contribution in [0.25, 0.3) is 0 Å². The van der Waals surface area contributed by atoms with Gasteiger partial charge in [-0.25, -0.2) is 0 Å². The number of hydrogen-bond donors (Lipinski definition) is 2. The minimum atomic E-state index is -0.332. The molecule has 0 saturated carbocycles. The fourth-order valence-electron chi connectivity index (χ4n) is 1.37. The van der Waals surface area contributed by atoms with Gasteiger partial charge in [-0.2, -0.15) is 0 Å². The van der Waals surface area contributed by atoms with Crippen LogP contribution in [0.4, 0.5) is 0 Å². The summed E-state index contributed by atoms with van der Waals surface area (Å²) in [7, 11) is 0. The van der Waals surface area contributed by atoms with E-state index in [1.165, 1.54) is 6.92 Å². The van der Waals surface area contributed by atoms with Gasteiger partial charge < -0.3 is 16.0 Å². The van der Waals surface area contributed by atoms with Crippen LogP contribution >= 0.6 is 24.2 Å². The average Bonchev–Trinajstić information content (AvgIpc) is 2.65. The van der Waals surface area contributed by atoms with Crippen molar-refractivity contribution in [3.05, 3.63) is 0 Å². The van der Waals surface area contributed by atoms with Gasteiger partial charge in [-0.15, -0.1) is 24.2 Å². The summed E-state index contributed by atoms with van der Waals surface area (Å²) in [6.07, 6.45) is 0. The van der Waals surface area contributed by atoms with Crippen LogP contribution in [-0.2, 0) is 9.59 Å². The highest BCUT2D eigenvalue weighted by molar-refractivity contribution is 7.99. The van der Waals surface area contributed by atoms with Crippen LogP contribution in [0.3, 0.4) is 0 Å². The Kier molecular flexibility index (Phi) is 6.78. The first kappa shape index (κ1) is 15.5. The van der Waals surface area contributed by atoms with Crippen molar-refractivity contribution in [2.75, 3.05) is 18.2 Å². The number of amides is 2. The minimum absolute atomic E-state index is 0. The van der Waals surface area contributed by atoms with E-state index in [1.54, 1.807) is 16.7 Å². The highest BCUT2D eigenvalue weighted by Crippen LogP contribution is 2.20. The second kappa shape index (κ2) is 6.98. The van der Waals surface area contributed by atoms with E-state index >= 15 is 0 Å². The van der Waals surface area contributed by atoms with Crippen LogP contribution in [-0.4, -0.2) is 47.0 Å². The third-order valence-corrected chi connectivity index (χ3v) is 3.34. The van der Waals surface area contributed by atoms with Gasteiger partial charge in [0.1, 0.15) is 6.04 Å². The van der Waals surface area contributed by atoms with Gasteiger partial charge in [0.25, 0.3) is 0 Å². The van der Waals surface area contributed by atoms with Crippen molar-refractivity contribution in [3.63, 3.8) is 0 Å². The molecule has 1 aliphatic heterocycles. The first-order valence-corrected chi connectivity index (χ1v) is 6.07. The van der Waals surface area contributed by atoms with Crippen LogP contribution < -0.4 is 11.1 Å². The second-order valence-corrected chi connectivity index (χ2v) is 4.65. The van der Waals surface area contributed by atoms with Crippen LogP contribution in [0.5, 0.6) is 0 Å². The van der Waals surface area contributed by atoms with Gasteiger partial charge in [-0.3, -0.25) is 9.59 Å². The number of rotatable bonds is 3. The van der Waals surface area contributed by atoms with Crippen LogP contribution in [0.15, 0.2) is 0 Å². The van der Waals surface area contributed by atoms with E-state index < -0.39 is 0 Å². The Morgan fingerprint density at radius 2 is 2.25 bits per heavy atom. The average molecular weight is 268 g/mol. The number of hydrogen-bond acceptors (Lipinski definition) is 4. The number of nitrogens with one attached hydrogen (secondary N) is 1. The molecule has 94 valence electrons. The van der Waals surface area contributed by atoms with Crippen LogP contribution in [0, 0.1) is 0 Å². The largest absolute Gasteiger partial charge is 0.351 e. The zero-order valence-electron chi connectivity index (χ0n) is 9.43. The predicted molar refractivity (Wildman–Crippen MR) is 67.5 cm³/mol. The number of thioether (sulfide) groups is 1. The Hall–Kier alpha value is -0.460. The molecule has 1 heterocycles. The minimum Gasteiger partial charge on any atom is -0.351 e. The van der Waals surface area contributed by atoms with E-state index in [-0.39, 0.29) is 36.3 Å². The van der Waals surface area contributed by atoms with Crippen molar-refractivity contribution in [1.82, 2.24) is 10.2 Å². The molecular formula is C9H18ClN3O2S. The van der Waals surface area contributed by atoms with Crippen molar-refractivity contribution < 1.29 is 9.59 Å². The molecule has 1 saturated heterocycles. The molecule has 0 aromatic heterocycles. The quantitative estimate of drug-likeness (QED) is 0.742. The van der Waals surface area contributed by atoms with Gasteiger partial charge in [0.2, 0.25) is 11.8 Å². The number of carbonyl (C=O) groups is 2. The van der Waals surface area contributed by atoms with Crippen LogP contribution in [0.1, 0.15) is 13.8 Å². The first-order valence-electron chi connectivity index (χ1n) is 4.91. The highest BCUT2D eigenvalue weighted by atomic mass is 35.5. The molecule has 5 nitrogen and oxygen atoms in total. The zero-order chi connectivity index (χ0) is 11.4. The standard InChI is InChI=1S/C9H17N3O2S.ClH/c1-6(3-10)11-9(14)8-4-15-5-12(8)7(2)13;/h6,8H,3-5,10H2,1-2H3,(H,11,14);1H/t6-,8?;/m0./s1. The predicted octanol–water partition coefficient (Wildman–Crippen LogP) is -0.207.